The Bertz CT molecular complexity index is 692. The van der Waals surface area contributed by atoms with E-state index >= 15 is 0 Å². The second-order valence-corrected chi connectivity index (χ2v) is 5.62. The van der Waals surface area contributed by atoms with Gasteiger partial charge in [-0.2, -0.15) is 0 Å². The maximum absolute atomic E-state index is 12.7. The lowest BCUT2D eigenvalue weighted by atomic mass is 10.0. The summed E-state index contributed by atoms with van der Waals surface area (Å²) in [6.07, 6.45) is 5.68. The van der Waals surface area contributed by atoms with Gasteiger partial charge in [0.15, 0.2) is 5.82 Å². The van der Waals surface area contributed by atoms with Crippen LogP contribution in [-0.4, -0.2) is 34.4 Å². The molecule has 0 radical (unpaired) electrons. The van der Waals surface area contributed by atoms with Crippen LogP contribution in [0.4, 0.5) is 0 Å². The van der Waals surface area contributed by atoms with Gasteiger partial charge in [-0.15, -0.1) is 0 Å². The number of Topliss-reactive ketones (excluding diaryl/α,β-unsaturated/α-hetero) is 1. The van der Waals surface area contributed by atoms with E-state index in [1.807, 2.05) is 6.92 Å². The summed E-state index contributed by atoms with van der Waals surface area (Å²) in [5.41, 5.74) is 0.491. The molecule has 1 atom stereocenters. The Hall–Kier alpha value is -2.63. The molecule has 0 fully saturated rings. The number of benzene rings is 1. The van der Waals surface area contributed by atoms with Gasteiger partial charge in [-0.1, -0.05) is 19.8 Å². The second kappa shape index (κ2) is 8.29. The molecule has 1 heterocycles. The number of ketones is 1. The van der Waals surface area contributed by atoms with Crippen molar-refractivity contribution in [3.8, 4) is 5.75 Å². The van der Waals surface area contributed by atoms with E-state index < -0.39 is 6.04 Å². The predicted molar refractivity (Wildman–Crippen MR) is 91.3 cm³/mol. The number of unbranched alkanes of at least 4 members (excludes halogenated alkanes) is 1. The maximum atomic E-state index is 12.7. The lowest BCUT2D eigenvalue weighted by Gasteiger charge is -2.17. The highest BCUT2D eigenvalue weighted by molar-refractivity contribution is 6.02. The lowest BCUT2D eigenvalue weighted by molar-refractivity contribution is 0.0843. The number of aromatic nitrogens is 2. The summed E-state index contributed by atoms with van der Waals surface area (Å²) in [6.45, 7) is 2.05. The van der Waals surface area contributed by atoms with E-state index in [1.54, 1.807) is 55.4 Å². The van der Waals surface area contributed by atoms with Gasteiger partial charge < -0.3 is 14.6 Å². The minimum atomic E-state index is -0.583. The molecule has 0 bridgehead atoms. The molecule has 6 nitrogen and oxygen atoms in total. The molecule has 1 aromatic carbocycles. The van der Waals surface area contributed by atoms with Gasteiger partial charge >= 0.3 is 0 Å². The highest BCUT2D eigenvalue weighted by Crippen LogP contribution is 2.13. The molecule has 1 amide bonds. The number of aryl methyl sites for hydroxylation is 1. The number of nitrogens with zero attached hydrogens (tertiary/aromatic N) is 2. The second-order valence-electron chi connectivity index (χ2n) is 5.62. The molecule has 0 aliphatic heterocycles. The molecule has 0 aliphatic rings. The van der Waals surface area contributed by atoms with E-state index in [0.29, 0.717) is 23.6 Å². The zero-order valence-corrected chi connectivity index (χ0v) is 14.3. The van der Waals surface area contributed by atoms with Gasteiger partial charge in [0.2, 0.25) is 5.78 Å². The van der Waals surface area contributed by atoms with Crippen LogP contribution in [0.3, 0.4) is 0 Å². The van der Waals surface area contributed by atoms with Crippen molar-refractivity contribution in [1.29, 1.82) is 0 Å². The Balaban J connectivity index is 2.13. The standard InChI is InChI=1S/C18H23N3O3/c1-4-5-6-15(16(22)17-19-11-12-21(17)2)20-18(23)13-7-9-14(24-3)10-8-13/h7-12,15H,4-6H2,1-3H3,(H,20,23). The molecule has 0 saturated carbocycles. The van der Waals surface area contributed by atoms with Crippen molar-refractivity contribution in [1.82, 2.24) is 14.9 Å². The highest BCUT2D eigenvalue weighted by atomic mass is 16.5. The van der Waals surface area contributed by atoms with Crippen molar-refractivity contribution in [2.75, 3.05) is 7.11 Å². The van der Waals surface area contributed by atoms with Crippen LogP contribution >= 0.6 is 0 Å². The summed E-state index contributed by atoms with van der Waals surface area (Å²) in [4.78, 5) is 29.2. The van der Waals surface area contributed by atoms with Crippen LogP contribution in [0.5, 0.6) is 5.75 Å². The number of carbonyl (C=O) groups excluding carboxylic acids is 2. The predicted octanol–water partition coefficient (Wildman–Crippen LogP) is 2.60. The number of amides is 1. The molecule has 2 aromatic rings. The van der Waals surface area contributed by atoms with Gasteiger partial charge in [0.1, 0.15) is 5.75 Å². The zero-order chi connectivity index (χ0) is 17.5. The number of rotatable bonds is 8. The molecule has 1 unspecified atom stereocenters. The molecule has 0 spiro atoms. The Morgan fingerprint density at radius 2 is 2.00 bits per heavy atom. The lowest BCUT2D eigenvalue weighted by Crippen LogP contribution is -2.41. The van der Waals surface area contributed by atoms with Crippen LogP contribution in [-0.2, 0) is 7.05 Å². The number of nitrogens with one attached hydrogen (secondary N) is 1. The summed E-state index contributed by atoms with van der Waals surface area (Å²) >= 11 is 0. The van der Waals surface area contributed by atoms with Gasteiger partial charge in [-0.3, -0.25) is 9.59 Å². The van der Waals surface area contributed by atoms with Crippen molar-refractivity contribution in [3.05, 3.63) is 48.0 Å². The van der Waals surface area contributed by atoms with E-state index in [9.17, 15) is 9.59 Å². The minimum Gasteiger partial charge on any atom is -0.497 e. The van der Waals surface area contributed by atoms with Crippen LogP contribution in [0.15, 0.2) is 36.7 Å². The third-order valence-corrected chi connectivity index (χ3v) is 3.86. The Morgan fingerprint density at radius 3 is 2.54 bits per heavy atom. The smallest absolute Gasteiger partial charge is 0.251 e. The first kappa shape index (κ1) is 17.7. The van der Waals surface area contributed by atoms with Gasteiger partial charge in [0.05, 0.1) is 13.2 Å². The Labute approximate surface area is 141 Å². The van der Waals surface area contributed by atoms with E-state index in [0.717, 1.165) is 12.8 Å². The van der Waals surface area contributed by atoms with Crippen molar-refractivity contribution < 1.29 is 14.3 Å². The largest absolute Gasteiger partial charge is 0.497 e. The van der Waals surface area contributed by atoms with Crippen molar-refractivity contribution in [2.24, 2.45) is 7.05 Å². The van der Waals surface area contributed by atoms with Crippen molar-refractivity contribution in [3.63, 3.8) is 0 Å². The van der Waals surface area contributed by atoms with E-state index in [2.05, 4.69) is 10.3 Å². The number of hydrogen-bond acceptors (Lipinski definition) is 4. The molecule has 1 aromatic heterocycles. The third kappa shape index (κ3) is 4.22. The summed E-state index contributed by atoms with van der Waals surface area (Å²) in [5.74, 6) is 0.587. The van der Waals surface area contributed by atoms with E-state index in [1.165, 1.54) is 0 Å². The van der Waals surface area contributed by atoms with Gasteiger partial charge in [-0.05, 0) is 30.7 Å². The molecule has 6 heteroatoms. The van der Waals surface area contributed by atoms with Gasteiger partial charge in [0, 0.05) is 25.0 Å². The first-order chi connectivity index (χ1) is 11.6. The minimum absolute atomic E-state index is 0.169. The molecule has 2 rings (SSSR count). The number of methoxy groups -OCH3 is 1. The molecule has 0 aliphatic carbocycles. The molecular weight excluding hydrogens is 306 g/mol. The van der Waals surface area contributed by atoms with E-state index in [-0.39, 0.29) is 11.7 Å². The van der Waals surface area contributed by atoms with Crippen LogP contribution < -0.4 is 10.1 Å². The normalized spacial score (nSPS) is 11.8. The fourth-order valence-corrected chi connectivity index (χ4v) is 2.42. The molecular formula is C18H23N3O3. The molecule has 24 heavy (non-hydrogen) atoms. The topological polar surface area (TPSA) is 73.2 Å². The number of imidazole rings is 1. The fourth-order valence-electron chi connectivity index (χ4n) is 2.42. The van der Waals surface area contributed by atoms with Crippen LogP contribution in [0.1, 0.15) is 47.2 Å². The van der Waals surface area contributed by atoms with Gasteiger partial charge in [-0.25, -0.2) is 4.98 Å². The monoisotopic (exact) mass is 329 g/mol. The Kier molecular flexibility index (Phi) is 6.12. The average Bonchev–Trinajstić information content (AvgIpc) is 3.03. The van der Waals surface area contributed by atoms with Crippen molar-refractivity contribution >= 4 is 11.7 Å². The Morgan fingerprint density at radius 1 is 1.29 bits per heavy atom. The average molecular weight is 329 g/mol. The highest BCUT2D eigenvalue weighted by Gasteiger charge is 2.25. The summed E-state index contributed by atoms with van der Waals surface area (Å²) < 4.78 is 6.75. The number of hydrogen-bond donors (Lipinski definition) is 1. The fraction of sp³-hybridized carbons (Fsp3) is 0.389. The number of carbonyl (C=O) groups is 2. The molecule has 1 N–H and O–H groups in total. The molecule has 0 saturated heterocycles. The van der Waals surface area contributed by atoms with Crippen LogP contribution in [0, 0.1) is 0 Å². The maximum Gasteiger partial charge on any atom is 0.251 e. The zero-order valence-electron chi connectivity index (χ0n) is 14.3. The summed E-state index contributed by atoms with van der Waals surface area (Å²) in [5, 5.41) is 2.84. The summed E-state index contributed by atoms with van der Waals surface area (Å²) in [6, 6.07) is 6.21. The molecule has 128 valence electrons. The third-order valence-electron chi connectivity index (χ3n) is 3.86. The SMILES string of the molecule is CCCCC(NC(=O)c1ccc(OC)cc1)C(=O)c1nccn1C. The quantitative estimate of drug-likeness (QED) is 0.756. The number of ether oxygens (including phenoxy) is 1. The first-order valence-electron chi connectivity index (χ1n) is 8.03. The van der Waals surface area contributed by atoms with Crippen molar-refractivity contribution in [2.45, 2.75) is 32.2 Å². The first-order valence-corrected chi connectivity index (χ1v) is 8.03. The van der Waals surface area contributed by atoms with E-state index in [4.69, 9.17) is 4.74 Å². The van der Waals surface area contributed by atoms with Gasteiger partial charge in [0.25, 0.3) is 5.91 Å². The van der Waals surface area contributed by atoms with Crippen LogP contribution in [0.25, 0.3) is 0 Å². The van der Waals surface area contributed by atoms with Crippen LogP contribution in [0.2, 0.25) is 0 Å². The summed E-state index contributed by atoms with van der Waals surface area (Å²) in [7, 11) is 3.34.